The number of pyridine rings is 2. The topological polar surface area (TPSA) is 56.7 Å². The Hall–Kier alpha value is -4.68. The first-order chi connectivity index (χ1) is 25.6. The van der Waals surface area contributed by atoms with Gasteiger partial charge < -0.3 is 14.0 Å². The molecule has 0 saturated carbocycles. The molecule has 5 nitrogen and oxygen atoms in total. The van der Waals surface area contributed by atoms with Crippen LogP contribution >= 0.6 is 0 Å². The number of rotatable bonds is 6. The second-order valence-corrected chi connectivity index (χ2v) is 20.0. The maximum absolute atomic E-state index is 8.55. The van der Waals surface area contributed by atoms with Crippen LogP contribution < -0.4 is 5.19 Å². The van der Waals surface area contributed by atoms with Crippen LogP contribution in [-0.4, -0.2) is 27.6 Å². The van der Waals surface area contributed by atoms with Gasteiger partial charge in [0, 0.05) is 45.8 Å². The number of hydrogen-bond acceptors (Lipinski definition) is 4. The first-order valence-electron chi connectivity index (χ1n) is 18.9. The molecule has 8 aromatic rings. The molecule has 1 radical (unpaired) electrons. The van der Waals surface area contributed by atoms with Crippen molar-refractivity contribution in [3.05, 3.63) is 137 Å². The summed E-state index contributed by atoms with van der Waals surface area (Å²) >= 11 is 0. The normalized spacial score (nSPS) is 12.4. The van der Waals surface area contributed by atoms with Gasteiger partial charge in [0.2, 0.25) is 5.71 Å². The zero-order valence-electron chi connectivity index (χ0n) is 33.8. The standard InChI is InChI=1S/C28H22N3O.C18H24NSi.Ir/c1-16-14-17(2)25(18(3)15-16)31-24-11-6-5-10-23(24)30-27(31)22-9-7-8-20-21-13-12-19(4)29-28(21)32-26(20)22;1-14(2)11-16-12-17(15-9-7-6-8-10-15)19-13-18(16)20(3,4)5;/h5-8,10-15H,1-4H3;6-9,12-14H,11H2,1-5H3;/q2*-1;/i;11D2;. The molecule has 0 unspecified atom stereocenters. The quantitative estimate of drug-likeness (QED) is 0.123. The summed E-state index contributed by atoms with van der Waals surface area (Å²) in [5.74, 6) is 0.736. The van der Waals surface area contributed by atoms with Gasteiger partial charge in [-0.2, -0.15) is 0 Å². The minimum Gasteiger partial charge on any atom is -0.486 e. The summed E-state index contributed by atoms with van der Waals surface area (Å²) in [5.41, 5.74) is 12.5. The number of imidazole rings is 1. The van der Waals surface area contributed by atoms with Crippen LogP contribution in [0, 0.1) is 45.7 Å². The van der Waals surface area contributed by atoms with E-state index in [1.807, 2.05) is 81.6 Å². The second-order valence-electron chi connectivity index (χ2n) is 15.0. The summed E-state index contributed by atoms with van der Waals surface area (Å²) in [6, 6.07) is 37.0. The molecule has 4 aromatic carbocycles. The molecule has 0 amide bonds. The Labute approximate surface area is 330 Å². The van der Waals surface area contributed by atoms with Gasteiger partial charge in [0.15, 0.2) is 0 Å². The molecule has 0 spiro atoms. The molecule has 4 aromatic heterocycles. The Morgan fingerprint density at radius 3 is 2.26 bits per heavy atom. The molecular weight excluding hydrogens is 845 g/mol. The van der Waals surface area contributed by atoms with Gasteiger partial charge in [-0.25, -0.2) is 4.98 Å². The van der Waals surface area contributed by atoms with Crippen LogP contribution in [-0.2, 0) is 26.5 Å². The molecule has 7 heteroatoms. The number of nitrogens with zero attached hydrogens (tertiary/aromatic N) is 4. The van der Waals surface area contributed by atoms with Crippen molar-refractivity contribution >= 4 is 46.4 Å². The van der Waals surface area contributed by atoms with Gasteiger partial charge in [-0.15, -0.1) is 54.1 Å². The van der Waals surface area contributed by atoms with Gasteiger partial charge in [0.1, 0.15) is 0 Å². The molecule has 53 heavy (non-hydrogen) atoms. The van der Waals surface area contributed by atoms with Gasteiger partial charge in [-0.3, -0.25) is 4.98 Å². The minimum atomic E-state index is -1.67. The average Bonchev–Trinajstić information content (AvgIpc) is 3.69. The summed E-state index contributed by atoms with van der Waals surface area (Å²) in [5, 5.41) is 3.13. The molecule has 0 N–H and O–H groups in total. The van der Waals surface area contributed by atoms with E-state index in [4.69, 9.17) is 12.1 Å². The Balaban J connectivity index is 0.000000198. The minimum absolute atomic E-state index is 0. The predicted octanol–water partition coefficient (Wildman–Crippen LogP) is 11.3. The maximum atomic E-state index is 8.55. The summed E-state index contributed by atoms with van der Waals surface area (Å²) in [7, 11) is -1.67. The Morgan fingerprint density at radius 1 is 0.830 bits per heavy atom. The monoisotopic (exact) mass is 893 g/mol. The van der Waals surface area contributed by atoms with Crippen molar-refractivity contribution in [1.82, 2.24) is 19.5 Å². The maximum Gasteiger partial charge on any atom is 0.216 e. The van der Waals surface area contributed by atoms with Crippen LogP contribution in [0.15, 0.2) is 102 Å². The zero-order chi connectivity index (χ0) is 38.5. The van der Waals surface area contributed by atoms with Gasteiger partial charge in [0.25, 0.3) is 0 Å². The van der Waals surface area contributed by atoms with Gasteiger partial charge in [-0.05, 0) is 86.3 Å². The summed E-state index contributed by atoms with van der Waals surface area (Å²) in [6.45, 7) is 19.0. The van der Waals surface area contributed by atoms with Crippen molar-refractivity contribution in [2.24, 2.45) is 5.92 Å². The van der Waals surface area contributed by atoms with Crippen LogP contribution in [0.25, 0.3) is 61.4 Å². The van der Waals surface area contributed by atoms with Crippen molar-refractivity contribution in [1.29, 1.82) is 0 Å². The zero-order valence-corrected chi connectivity index (χ0v) is 35.2. The largest absolute Gasteiger partial charge is 0.486 e. The third-order valence-electron chi connectivity index (χ3n) is 9.22. The molecule has 271 valence electrons. The van der Waals surface area contributed by atoms with E-state index >= 15 is 0 Å². The molecule has 0 aliphatic carbocycles. The van der Waals surface area contributed by atoms with E-state index in [2.05, 4.69) is 103 Å². The Bertz CT molecular complexity index is 2640. The van der Waals surface area contributed by atoms with Crippen molar-refractivity contribution < 1.29 is 27.3 Å². The third-order valence-corrected chi connectivity index (χ3v) is 11.2. The van der Waals surface area contributed by atoms with E-state index in [0.717, 1.165) is 72.2 Å². The first kappa shape index (κ1) is 35.4. The smallest absolute Gasteiger partial charge is 0.216 e. The summed E-state index contributed by atoms with van der Waals surface area (Å²) < 4.78 is 25.6. The van der Waals surface area contributed by atoms with E-state index in [1.54, 1.807) is 0 Å². The molecule has 0 aliphatic heterocycles. The van der Waals surface area contributed by atoms with Crippen molar-refractivity contribution in [3.8, 4) is 28.3 Å². The number of para-hydroxylation sites is 2. The van der Waals surface area contributed by atoms with Crippen LogP contribution in [0.4, 0.5) is 0 Å². The molecule has 0 fully saturated rings. The van der Waals surface area contributed by atoms with E-state index in [0.29, 0.717) is 5.71 Å². The van der Waals surface area contributed by atoms with Crippen LogP contribution in [0.1, 0.15) is 44.5 Å². The molecule has 0 bridgehead atoms. The van der Waals surface area contributed by atoms with E-state index in [1.165, 1.54) is 16.7 Å². The van der Waals surface area contributed by atoms with Crippen molar-refractivity contribution in [2.75, 3.05) is 0 Å². The van der Waals surface area contributed by atoms with Crippen LogP contribution in [0.5, 0.6) is 0 Å². The number of aryl methyl sites for hydroxylation is 4. The molecule has 0 aliphatic rings. The number of aromatic nitrogens is 4. The molecule has 8 rings (SSSR count). The van der Waals surface area contributed by atoms with Crippen molar-refractivity contribution in [2.45, 2.75) is 67.6 Å². The molecule has 0 saturated heterocycles. The van der Waals surface area contributed by atoms with E-state index in [-0.39, 0.29) is 26.0 Å². The SMILES string of the molecule is Cc1cc(C)c(-n2c(-c3[c-]ccc4c3oc3nc(C)ccc34)nc3ccccc32)c(C)c1.[2H]C([2H])(c1cc(-c2[c-]cccc2)ncc1[Si](C)(C)C)C(C)C.[Ir]. The number of hydrogen-bond donors (Lipinski definition) is 0. The van der Waals surface area contributed by atoms with E-state index in [9.17, 15) is 0 Å². The average molecular weight is 893 g/mol. The molecule has 0 atom stereocenters. The fourth-order valence-electron chi connectivity index (χ4n) is 7.01. The second kappa shape index (κ2) is 15.4. The summed E-state index contributed by atoms with van der Waals surface area (Å²) in [4.78, 5) is 14.2. The van der Waals surface area contributed by atoms with Crippen molar-refractivity contribution in [3.63, 3.8) is 0 Å². The number of furan rings is 1. The molecule has 4 heterocycles. The first-order valence-corrected chi connectivity index (χ1v) is 21.4. The van der Waals surface area contributed by atoms with Gasteiger partial charge in [-0.1, -0.05) is 85.9 Å². The Morgan fingerprint density at radius 2 is 1.57 bits per heavy atom. The molecular formula is C46H46IrN4OSi-2. The summed E-state index contributed by atoms with van der Waals surface area (Å²) in [6.07, 6.45) is 0.528. The predicted molar refractivity (Wildman–Crippen MR) is 219 cm³/mol. The van der Waals surface area contributed by atoms with Crippen LogP contribution in [0.3, 0.4) is 0 Å². The van der Waals surface area contributed by atoms with Gasteiger partial charge in [0.05, 0.1) is 30.5 Å². The number of benzene rings is 4. The third kappa shape index (κ3) is 7.70. The Kier molecular flexibility index (Phi) is 10.2. The fourth-order valence-corrected chi connectivity index (χ4v) is 8.41. The van der Waals surface area contributed by atoms with E-state index < -0.39 is 14.4 Å². The number of fused-ring (bicyclic) bond motifs is 4. The van der Waals surface area contributed by atoms with Gasteiger partial charge >= 0.3 is 0 Å². The van der Waals surface area contributed by atoms with Crippen LogP contribution in [0.2, 0.25) is 19.6 Å². The fraction of sp³-hybridized carbons (Fsp3) is 0.239.